The maximum Gasteiger partial charge on any atom is 0.252 e. The van der Waals surface area contributed by atoms with E-state index >= 15 is 0 Å². The van der Waals surface area contributed by atoms with E-state index in [4.69, 9.17) is 0 Å². The molecule has 0 radical (unpaired) electrons. The first-order chi connectivity index (χ1) is 14.0. The Balaban J connectivity index is 1.65. The zero-order valence-corrected chi connectivity index (χ0v) is 16.8. The van der Waals surface area contributed by atoms with Crippen LogP contribution in [0.15, 0.2) is 73.1 Å². The zero-order chi connectivity index (χ0) is 20.6. The Hall–Kier alpha value is -3.21. The van der Waals surface area contributed by atoms with Gasteiger partial charge in [0.15, 0.2) is 0 Å². The van der Waals surface area contributed by atoms with E-state index in [-0.39, 0.29) is 17.8 Å². The summed E-state index contributed by atoms with van der Waals surface area (Å²) >= 11 is 0. The molecule has 1 aromatic heterocycles. The van der Waals surface area contributed by atoms with E-state index in [1.807, 2.05) is 24.3 Å². The van der Waals surface area contributed by atoms with E-state index < -0.39 is 0 Å². The number of halogens is 1. The monoisotopic (exact) mass is 391 g/mol. The molecule has 1 heterocycles. The van der Waals surface area contributed by atoms with Gasteiger partial charge in [-0.15, -0.1) is 0 Å². The second-order valence-electron chi connectivity index (χ2n) is 7.27. The molecular formula is C24H26FN3O. The number of hydrogen-bond acceptors (Lipinski definition) is 3. The molecule has 0 saturated carbocycles. The van der Waals surface area contributed by atoms with Crippen LogP contribution in [0.25, 0.3) is 0 Å². The minimum atomic E-state index is -0.258. The smallest absolute Gasteiger partial charge is 0.252 e. The van der Waals surface area contributed by atoms with Crippen molar-refractivity contribution in [2.45, 2.75) is 32.9 Å². The number of nitrogens with one attached hydrogen (secondary N) is 1. The lowest BCUT2D eigenvalue weighted by Crippen LogP contribution is -2.31. The molecule has 1 N–H and O–H groups in total. The van der Waals surface area contributed by atoms with Crippen LogP contribution in [0.5, 0.6) is 0 Å². The third-order valence-corrected chi connectivity index (χ3v) is 4.75. The Bertz CT molecular complexity index is 926. The number of carbonyl (C=O) groups excluding carboxylic acids is 1. The van der Waals surface area contributed by atoms with Crippen molar-refractivity contribution >= 4 is 11.6 Å². The first kappa shape index (κ1) is 20.5. The summed E-state index contributed by atoms with van der Waals surface area (Å²) in [5.41, 5.74) is 3.62. The maximum atomic E-state index is 13.0. The van der Waals surface area contributed by atoms with Gasteiger partial charge in [-0.1, -0.05) is 42.5 Å². The normalized spacial score (nSPS) is 10.8. The number of aromatic nitrogens is 1. The first-order valence-corrected chi connectivity index (χ1v) is 9.81. The standard InChI is InChI=1S/C24H26FN3O/c1-18(2)28(17-20-6-4-3-5-7-20)23-14-21(15-26-16-23)24(29)27-13-12-19-8-10-22(25)11-9-19/h3-11,14-16,18H,12-13,17H2,1-2H3,(H,27,29). The van der Waals surface area contributed by atoms with E-state index in [1.54, 1.807) is 24.5 Å². The van der Waals surface area contributed by atoms with Gasteiger partial charge in [-0.2, -0.15) is 0 Å². The molecule has 1 amide bonds. The van der Waals surface area contributed by atoms with Crippen molar-refractivity contribution in [1.29, 1.82) is 0 Å². The van der Waals surface area contributed by atoms with Gasteiger partial charge in [0.25, 0.3) is 5.91 Å². The molecule has 3 aromatic rings. The molecule has 3 rings (SSSR count). The van der Waals surface area contributed by atoms with Gasteiger partial charge >= 0.3 is 0 Å². The number of amides is 1. The van der Waals surface area contributed by atoms with Gasteiger partial charge in [-0.3, -0.25) is 9.78 Å². The van der Waals surface area contributed by atoms with Crippen molar-refractivity contribution in [2.75, 3.05) is 11.4 Å². The molecule has 2 aromatic carbocycles. The highest BCUT2D eigenvalue weighted by Crippen LogP contribution is 2.20. The van der Waals surface area contributed by atoms with Crippen LogP contribution < -0.4 is 10.2 Å². The summed E-state index contributed by atoms with van der Waals surface area (Å²) in [6.45, 7) is 5.47. The summed E-state index contributed by atoms with van der Waals surface area (Å²) in [6.07, 6.45) is 4.02. The van der Waals surface area contributed by atoms with Crippen LogP contribution in [0.1, 0.15) is 35.3 Å². The third-order valence-electron chi connectivity index (χ3n) is 4.75. The second kappa shape index (κ2) is 9.82. The van der Waals surface area contributed by atoms with Gasteiger partial charge < -0.3 is 10.2 Å². The van der Waals surface area contributed by atoms with Crippen molar-refractivity contribution < 1.29 is 9.18 Å². The van der Waals surface area contributed by atoms with Crippen molar-refractivity contribution in [3.05, 3.63) is 95.6 Å². The van der Waals surface area contributed by atoms with Crippen LogP contribution in [0.4, 0.5) is 10.1 Å². The minimum Gasteiger partial charge on any atom is -0.364 e. The number of pyridine rings is 1. The number of carbonyl (C=O) groups is 1. The molecule has 0 atom stereocenters. The lowest BCUT2D eigenvalue weighted by atomic mass is 10.1. The Morgan fingerprint density at radius 1 is 1.03 bits per heavy atom. The Kier molecular flexibility index (Phi) is 6.95. The Labute approximate surface area is 171 Å². The maximum absolute atomic E-state index is 13.0. The molecule has 29 heavy (non-hydrogen) atoms. The molecule has 0 bridgehead atoms. The fourth-order valence-corrected chi connectivity index (χ4v) is 3.13. The van der Waals surface area contributed by atoms with Gasteiger partial charge in [0, 0.05) is 25.3 Å². The molecule has 5 heteroatoms. The van der Waals surface area contributed by atoms with Crippen molar-refractivity contribution in [3.8, 4) is 0 Å². The number of hydrogen-bond donors (Lipinski definition) is 1. The molecule has 0 fully saturated rings. The second-order valence-corrected chi connectivity index (χ2v) is 7.27. The molecule has 0 saturated heterocycles. The van der Waals surface area contributed by atoms with Crippen LogP contribution in [-0.2, 0) is 13.0 Å². The summed E-state index contributed by atoms with van der Waals surface area (Å²) < 4.78 is 13.0. The minimum absolute atomic E-state index is 0.162. The van der Waals surface area contributed by atoms with E-state index in [2.05, 4.69) is 41.2 Å². The van der Waals surface area contributed by atoms with Crippen LogP contribution in [0.2, 0.25) is 0 Å². The molecule has 0 aliphatic rings. The van der Waals surface area contributed by atoms with E-state index in [1.165, 1.54) is 17.7 Å². The summed E-state index contributed by atoms with van der Waals surface area (Å²) in [5, 5.41) is 2.92. The van der Waals surface area contributed by atoms with E-state index in [0.29, 0.717) is 18.5 Å². The lowest BCUT2D eigenvalue weighted by molar-refractivity contribution is 0.0954. The largest absolute Gasteiger partial charge is 0.364 e. The topological polar surface area (TPSA) is 45.2 Å². The molecule has 150 valence electrons. The zero-order valence-electron chi connectivity index (χ0n) is 16.8. The fraction of sp³-hybridized carbons (Fsp3) is 0.250. The number of benzene rings is 2. The number of rotatable bonds is 8. The van der Waals surface area contributed by atoms with Crippen LogP contribution >= 0.6 is 0 Å². The Morgan fingerprint density at radius 3 is 2.45 bits per heavy atom. The molecule has 0 aliphatic carbocycles. The fourth-order valence-electron chi connectivity index (χ4n) is 3.13. The summed E-state index contributed by atoms with van der Waals surface area (Å²) in [7, 11) is 0. The quantitative estimate of drug-likeness (QED) is 0.610. The average Bonchev–Trinajstić information content (AvgIpc) is 2.74. The summed E-state index contributed by atoms with van der Waals surface area (Å²) in [5.74, 6) is -0.421. The first-order valence-electron chi connectivity index (χ1n) is 9.81. The highest BCUT2D eigenvalue weighted by atomic mass is 19.1. The molecule has 0 unspecified atom stereocenters. The summed E-state index contributed by atoms with van der Waals surface area (Å²) in [4.78, 5) is 19.1. The van der Waals surface area contributed by atoms with Gasteiger partial charge in [0.2, 0.25) is 0 Å². The number of nitrogens with zero attached hydrogens (tertiary/aromatic N) is 2. The van der Waals surface area contributed by atoms with Crippen molar-refractivity contribution in [3.63, 3.8) is 0 Å². The SMILES string of the molecule is CC(C)N(Cc1ccccc1)c1cncc(C(=O)NCCc2ccc(F)cc2)c1. The van der Waals surface area contributed by atoms with Gasteiger partial charge in [-0.25, -0.2) is 4.39 Å². The van der Waals surface area contributed by atoms with Crippen molar-refractivity contribution in [1.82, 2.24) is 10.3 Å². The van der Waals surface area contributed by atoms with Crippen LogP contribution in [0.3, 0.4) is 0 Å². The van der Waals surface area contributed by atoms with Crippen molar-refractivity contribution in [2.24, 2.45) is 0 Å². The average molecular weight is 391 g/mol. The van der Waals surface area contributed by atoms with Gasteiger partial charge in [-0.05, 0) is 49.6 Å². The molecule has 0 aliphatic heterocycles. The highest BCUT2D eigenvalue weighted by Gasteiger charge is 2.14. The molecule has 0 spiro atoms. The lowest BCUT2D eigenvalue weighted by Gasteiger charge is -2.29. The molecular weight excluding hydrogens is 365 g/mol. The van der Waals surface area contributed by atoms with Crippen LogP contribution in [0, 0.1) is 5.82 Å². The summed E-state index contributed by atoms with van der Waals surface area (Å²) in [6, 6.07) is 18.7. The predicted molar refractivity (Wildman–Crippen MR) is 114 cm³/mol. The van der Waals surface area contributed by atoms with Gasteiger partial charge in [0.1, 0.15) is 5.82 Å². The third kappa shape index (κ3) is 5.88. The van der Waals surface area contributed by atoms with E-state index in [9.17, 15) is 9.18 Å². The molecule has 4 nitrogen and oxygen atoms in total. The van der Waals surface area contributed by atoms with Gasteiger partial charge in [0.05, 0.1) is 17.4 Å². The van der Waals surface area contributed by atoms with Crippen LogP contribution in [-0.4, -0.2) is 23.5 Å². The predicted octanol–water partition coefficient (Wildman–Crippen LogP) is 4.61. The highest BCUT2D eigenvalue weighted by molar-refractivity contribution is 5.94. The Morgan fingerprint density at radius 2 is 1.76 bits per heavy atom. The number of anilines is 1. The van der Waals surface area contributed by atoms with E-state index in [0.717, 1.165) is 17.8 Å².